The van der Waals surface area contributed by atoms with E-state index in [0.717, 1.165) is 22.6 Å². The van der Waals surface area contributed by atoms with Crippen LogP contribution in [0.5, 0.6) is 5.75 Å². The molecule has 0 fully saturated rings. The first kappa shape index (κ1) is 14.3. The van der Waals surface area contributed by atoms with Gasteiger partial charge in [-0.2, -0.15) is 0 Å². The van der Waals surface area contributed by atoms with Crippen molar-refractivity contribution in [1.82, 2.24) is 9.97 Å². The zero-order chi connectivity index (χ0) is 14.7. The highest BCUT2D eigenvalue weighted by atomic mass is 16.5. The highest BCUT2D eigenvalue weighted by molar-refractivity contribution is 5.66. The van der Waals surface area contributed by atoms with Crippen molar-refractivity contribution >= 4 is 5.82 Å². The number of hydrogen-bond donors (Lipinski definition) is 1. The lowest BCUT2D eigenvalue weighted by molar-refractivity contribution is 0.341. The standard InChI is InChI=1S/C16H21N3O/c1-5-20-13-9-7-6-8-12(13)16-18-11(4)14(10(2)3)15(17)19-16/h6-10H,5H2,1-4H3,(H2,17,18,19). The Hall–Kier alpha value is -2.10. The van der Waals surface area contributed by atoms with E-state index in [0.29, 0.717) is 24.2 Å². The fraction of sp³-hybridized carbons (Fsp3) is 0.375. The summed E-state index contributed by atoms with van der Waals surface area (Å²) in [5.41, 5.74) is 8.91. The molecule has 0 aliphatic rings. The molecule has 0 aliphatic carbocycles. The number of anilines is 1. The lowest BCUT2D eigenvalue weighted by atomic mass is 10.0. The molecule has 2 N–H and O–H groups in total. The van der Waals surface area contributed by atoms with Crippen LogP contribution in [0.25, 0.3) is 11.4 Å². The average molecular weight is 271 g/mol. The van der Waals surface area contributed by atoms with Crippen LogP contribution in [-0.2, 0) is 0 Å². The predicted molar refractivity (Wildman–Crippen MR) is 81.9 cm³/mol. The van der Waals surface area contributed by atoms with Gasteiger partial charge in [0.1, 0.15) is 11.6 Å². The van der Waals surface area contributed by atoms with E-state index in [-0.39, 0.29) is 0 Å². The first-order chi connectivity index (χ1) is 9.54. The minimum Gasteiger partial charge on any atom is -0.493 e. The molecule has 2 aromatic rings. The number of para-hydroxylation sites is 1. The molecule has 4 heteroatoms. The summed E-state index contributed by atoms with van der Waals surface area (Å²) in [6, 6.07) is 7.76. The number of aryl methyl sites for hydroxylation is 1. The monoisotopic (exact) mass is 271 g/mol. The van der Waals surface area contributed by atoms with Crippen molar-refractivity contribution < 1.29 is 4.74 Å². The number of nitrogens with two attached hydrogens (primary N) is 1. The van der Waals surface area contributed by atoms with E-state index in [9.17, 15) is 0 Å². The molecule has 106 valence electrons. The van der Waals surface area contributed by atoms with Crippen LogP contribution in [0.2, 0.25) is 0 Å². The van der Waals surface area contributed by atoms with Crippen LogP contribution in [0.4, 0.5) is 5.82 Å². The van der Waals surface area contributed by atoms with E-state index in [4.69, 9.17) is 10.5 Å². The van der Waals surface area contributed by atoms with E-state index >= 15 is 0 Å². The second kappa shape index (κ2) is 5.90. The van der Waals surface area contributed by atoms with Crippen molar-refractivity contribution in [2.75, 3.05) is 12.3 Å². The van der Waals surface area contributed by atoms with Gasteiger partial charge in [0.05, 0.1) is 12.2 Å². The van der Waals surface area contributed by atoms with Gasteiger partial charge in [-0.3, -0.25) is 0 Å². The van der Waals surface area contributed by atoms with Crippen molar-refractivity contribution in [3.8, 4) is 17.1 Å². The summed E-state index contributed by atoms with van der Waals surface area (Å²) < 4.78 is 5.63. The highest BCUT2D eigenvalue weighted by Gasteiger charge is 2.15. The molecule has 1 aromatic heterocycles. The fourth-order valence-electron chi connectivity index (χ4n) is 2.37. The smallest absolute Gasteiger partial charge is 0.165 e. The maximum Gasteiger partial charge on any atom is 0.165 e. The fourth-order valence-corrected chi connectivity index (χ4v) is 2.37. The topological polar surface area (TPSA) is 61.0 Å². The van der Waals surface area contributed by atoms with E-state index < -0.39 is 0 Å². The third kappa shape index (κ3) is 2.74. The third-order valence-electron chi connectivity index (χ3n) is 3.17. The summed E-state index contributed by atoms with van der Waals surface area (Å²) in [5, 5.41) is 0. The number of hydrogen-bond acceptors (Lipinski definition) is 4. The molecule has 20 heavy (non-hydrogen) atoms. The molecule has 0 atom stereocenters. The molecule has 0 saturated carbocycles. The second-order valence-electron chi connectivity index (χ2n) is 5.02. The number of benzene rings is 1. The Bertz CT molecular complexity index is 585. The molecule has 0 aliphatic heterocycles. The summed E-state index contributed by atoms with van der Waals surface area (Å²) in [4.78, 5) is 9.05. The van der Waals surface area contributed by atoms with Crippen molar-refractivity contribution in [2.45, 2.75) is 33.6 Å². The molecule has 0 unspecified atom stereocenters. The van der Waals surface area contributed by atoms with Gasteiger partial charge in [0.15, 0.2) is 5.82 Å². The van der Waals surface area contributed by atoms with Gasteiger partial charge in [-0.05, 0) is 31.9 Å². The Labute approximate surface area is 120 Å². The van der Waals surface area contributed by atoms with Crippen LogP contribution in [0.3, 0.4) is 0 Å². The van der Waals surface area contributed by atoms with Gasteiger partial charge >= 0.3 is 0 Å². The molecule has 0 bridgehead atoms. The lowest BCUT2D eigenvalue weighted by Gasteiger charge is -2.14. The molecule has 1 heterocycles. The summed E-state index contributed by atoms with van der Waals surface area (Å²) >= 11 is 0. The second-order valence-corrected chi connectivity index (χ2v) is 5.02. The van der Waals surface area contributed by atoms with Crippen molar-refractivity contribution in [3.05, 3.63) is 35.5 Å². The Kier molecular flexibility index (Phi) is 4.23. The third-order valence-corrected chi connectivity index (χ3v) is 3.17. The minimum atomic E-state index is 0.311. The van der Waals surface area contributed by atoms with Gasteiger partial charge in [-0.1, -0.05) is 26.0 Å². The summed E-state index contributed by atoms with van der Waals surface area (Å²) in [7, 11) is 0. The molecule has 0 spiro atoms. The van der Waals surface area contributed by atoms with Crippen molar-refractivity contribution in [2.24, 2.45) is 0 Å². The van der Waals surface area contributed by atoms with Crippen LogP contribution >= 0.6 is 0 Å². The van der Waals surface area contributed by atoms with Crippen LogP contribution < -0.4 is 10.5 Å². The van der Waals surface area contributed by atoms with Crippen LogP contribution in [0.15, 0.2) is 24.3 Å². The Balaban J connectivity index is 2.54. The molecule has 0 amide bonds. The van der Waals surface area contributed by atoms with E-state index in [1.54, 1.807) is 0 Å². The van der Waals surface area contributed by atoms with Gasteiger partial charge in [-0.25, -0.2) is 9.97 Å². The molecular weight excluding hydrogens is 250 g/mol. The number of rotatable bonds is 4. The molecule has 4 nitrogen and oxygen atoms in total. The zero-order valence-electron chi connectivity index (χ0n) is 12.5. The van der Waals surface area contributed by atoms with Gasteiger partial charge < -0.3 is 10.5 Å². The summed E-state index contributed by atoms with van der Waals surface area (Å²) in [5.74, 6) is 2.26. The largest absolute Gasteiger partial charge is 0.493 e. The molecule has 0 radical (unpaired) electrons. The summed E-state index contributed by atoms with van der Waals surface area (Å²) in [6.45, 7) is 8.72. The van der Waals surface area contributed by atoms with Crippen LogP contribution in [-0.4, -0.2) is 16.6 Å². The summed E-state index contributed by atoms with van der Waals surface area (Å²) in [6.07, 6.45) is 0. The lowest BCUT2D eigenvalue weighted by Crippen LogP contribution is -2.07. The van der Waals surface area contributed by atoms with Crippen LogP contribution in [0.1, 0.15) is 37.9 Å². The van der Waals surface area contributed by atoms with E-state index in [1.165, 1.54) is 0 Å². The zero-order valence-corrected chi connectivity index (χ0v) is 12.5. The number of ether oxygens (including phenoxy) is 1. The number of nitrogens with zero attached hydrogens (tertiary/aromatic N) is 2. The first-order valence-corrected chi connectivity index (χ1v) is 6.90. The highest BCUT2D eigenvalue weighted by Crippen LogP contribution is 2.30. The predicted octanol–water partition coefficient (Wildman–Crippen LogP) is 3.56. The molecule has 1 aromatic carbocycles. The number of nitrogen functional groups attached to an aromatic ring is 1. The number of aromatic nitrogens is 2. The molecule has 2 rings (SSSR count). The minimum absolute atomic E-state index is 0.311. The van der Waals surface area contributed by atoms with Gasteiger partial charge in [0.25, 0.3) is 0 Å². The van der Waals surface area contributed by atoms with Gasteiger partial charge in [-0.15, -0.1) is 0 Å². The van der Waals surface area contributed by atoms with Gasteiger partial charge in [0.2, 0.25) is 0 Å². The maximum absolute atomic E-state index is 6.09. The van der Waals surface area contributed by atoms with E-state index in [2.05, 4.69) is 23.8 Å². The molecular formula is C16H21N3O. The normalized spacial score (nSPS) is 10.8. The Morgan fingerprint density at radius 3 is 2.50 bits per heavy atom. The van der Waals surface area contributed by atoms with E-state index in [1.807, 2.05) is 38.1 Å². The van der Waals surface area contributed by atoms with Crippen LogP contribution in [0, 0.1) is 6.92 Å². The Morgan fingerprint density at radius 1 is 1.20 bits per heavy atom. The maximum atomic E-state index is 6.09. The quantitative estimate of drug-likeness (QED) is 0.923. The van der Waals surface area contributed by atoms with Crippen molar-refractivity contribution in [3.63, 3.8) is 0 Å². The SMILES string of the molecule is CCOc1ccccc1-c1nc(C)c(C(C)C)c(N)n1. The first-order valence-electron chi connectivity index (χ1n) is 6.90. The van der Waals surface area contributed by atoms with Crippen molar-refractivity contribution in [1.29, 1.82) is 0 Å². The molecule has 0 saturated heterocycles. The Morgan fingerprint density at radius 2 is 1.90 bits per heavy atom. The van der Waals surface area contributed by atoms with Gasteiger partial charge in [0, 0.05) is 11.3 Å². The average Bonchev–Trinajstić information content (AvgIpc) is 2.38.